The third kappa shape index (κ3) is 3.39. The maximum absolute atomic E-state index is 10.1. The van der Waals surface area contributed by atoms with Crippen LogP contribution in [0.15, 0.2) is 0 Å². The average molecular weight is 150 g/mol. The normalized spacial score (nSPS) is 16.0. The molecule has 0 radical (unpaired) electrons. The predicted molar refractivity (Wildman–Crippen MR) is 30.9 cm³/mol. The van der Waals surface area contributed by atoms with Crippen molar-refractivity contribution in [3.63, 3.8) is 0 Å². The van der Waals surface area contributed by atoms with E-state index < -0.39 is 25.0 Å². The van der Waals surface area contributed by atoms with Gasteiger partial charge in [0.2, 0.25) is 6.29 Å². The van der Waals surface area contributed by atoms with Crippen LogP contribution in [0.4, 0.5) is 0 Å². The molecule has 0 aliphatic rings. The van der Waals surface area contributed by atoms with Gasteiger partial charge in [-0.25, -0.2) is 0 Å². The molecule has 3 N–H and O–H groups in total. The number of carbonyl (C=O) groups is 1. The molecule has 0 aliphatic carbocycles. The SMILES string of the molecule is CC(=O)OC(O)C(O)CO. The van der Waals surface area contributed by atoms with E-state index in [4.69, 9.17) is 15.3 Å². The Hall–Kier alpha value is -0.650. The highest BCUT2D eigenvalue weighted by Crippen LogP contribution is 1.94. The number of aliphatic hydroxyl groups is 3. The van der Waals surface area contributed by atoms with E-state index in [1.807, 2.05) is 0 Å². The van der Waals surface area contributed by atoms with E-state index in [0.717, 1.165) is 6.92 Å². The lowest BCUT2D eigenvalue weighted by atomic mass is 10.4. The van der Waals surface area contributed by atoms with Crippen LogP contribution < -0.4 is 0 Å². The van der Waals surface area contributed by atoms with Gasteiger partial charge in [-0.15, -0.1) is 0 Å². The van der Waals surface area contributed by atoms with Crippen LogP contribution in [0.1, 0.15) is 6.92 Å². The predicted octanol–water partition coefficient (Wildman–Crippen LogP) is -1.78. The highest BCUT2D eigenvalue weighted by atomic mass is 16.6. The number of hydrogen-bond acceptors (Lipinski definition) is 5. The van der Waals surface area contributed by atoms with Crippen molar-refractivity contribution in [2.24, 2.45) is 0 Å². The summed E-state index contributed by atoms with van der Waals surface area (Å²) in [6, 6.07) is 0. The van der Waals surface area contributed by atoms with E-state index in [9.17, 15) is 4.79 Å². The topological polar surface area (TPSA) is 87.0 Å². The Morgan fingerprint density at radius 3 is 2.40 bits per heavy atom. The van der Waals surface area contributed by atoms with Crippen molar-refractivity contribution in [1.29, 1.82) is 0 Å². The molecule has 0 fully saturated rings. The Bertz CT molecular complexity index is 113. The summed E-state index contributed by atoms with van der Waals surface area (Å²) in [5.74, 6) is -0.708. The standard InChI is InChI=1S/C5H10O5/c1-3(7)10-5(9)4(8)2-6/h4-6,8-9H,2H2,1H3. The molecule has 2 unspecified atom stereocenters. The van der Waals surface area contributed by atoms with Crippen LogP contribution in [-0.4, -0.2) is 40.3 Å². The van der Waals surface area contributed by atoms with Crippen LogP contribution in [0.3, 0.4) is 0 Å². The second-order valence-corrected chi connectivity index (χ2v) is 1.75. The molecule has 0 rings (SSSR count). The first-order valence-corrected chi connectivity index (χ1v) is 2.72. The molecule has 0 aromatic carbocycles. The lowest BCUT2D eigenvalue weighted by molar-refractivity contribution is -0.188. The van der Waals surface area contributed by atoms with Gasteiger partial charge >= 0.3 is 5.97 Å². The van der Waals surface area contributed by atoms with Crippen molar-refractivity contribution < 1.29 is 24.9 Å². The molecule has 0 heterocycles. The minimum absolute atomic E-state index is 0.644. The first kappa shape index (κ1) is 9.35. The molecule has 0 aromatic rings. The van der Waals surface area contributed by atoms with E-state index in [2.05, 4.69) is 4.74 Å². The van der Waals surface area contributed by atoms with Crippen LogP contribution in [-0.2, 0) is 9.53 Å². The first-order chi connectivity index (χ1) is 4.57. The fraction of sp³-hybridized carbons (Fsp3) is 0.800. The number of aliphatic hydroxyl groups excluding tert-OH is 3. The summed E-state index contributed by atoms with van der Waals surface area (Å²) in [5.41, 5.74) is 0. The quantitative estimate of drug-likeness (QED) is 0.327. The molecule has 5 heteroatoms. The third-order valence-corrected chi connectivity index (χ3v) is 0.803. The van der Waals surface area contributed by atoms with E-state index in [1.54, 1.807) is 0 Å². The van der Waals surface area contributed by atoms with E-state index in [1.165, 1.54) is 0 Å². The molecule has 2 atom stereocenters. The zero-order chi connectivity index (χ0) is 8.15. The molecular formula is C5H10O5. The highest BCUT2D eigenvalue weighted by Gasteiger charge is 2.17. The summed E-state index contributed by atoms with van der Waals surface area (Å²) >= 11 is 0. The van der Waals surface area contributed by atoms with Crippen molar-refractivity contribution in [1.82, 2.24) is 0 Å². The summed E-state index contributed by atoms with van der Waals surface area (Å²) in [4.78, 5) is 10.1. The summed E-state index contributed by atoms with van der Waals surface area (Å²) in [6.45, 7) is 0.446. The van der Waals surface area contributed by atoms with Crippen LogP contribution in [0.5, 0.6) is 0 Å². The highest BCUT2D eigenvalue weighted by molar-refractivity contribution is 5.66. The molecule has 0 spiro atoms. The largest absolute Gasteiger partial charge is 0.433 e. The van der Waals surface area contributed by atoms with Crippen molar-refractivity contribution in [3.8, 4) is 0 Å². The van der Waals surface area contributed by atoms with Crippen molar-refractivity contribution >= 4 is 5.97 Å². The monoisotopic (exact) mass is 150 g/mol. The van der Waals surface area contributed by atoms with Gasteiger partial charge in [0.25, 0.3) is 0 Å². The number of ether oxygens (including phenoxy) is 1. The van der Waals surface area contributed by atoms with E-state index in [-0.39, 0.29) is 0 Å². The molecule has 0 bridgehead atoms. The fourth-order valence-corrected chi connectivity index (χ4v) is 0.339. The molecule has 60 valence electrons. The molecular weight excluding hydrogens is 140 g/mol. The van der Waals surface area contributed by atoms with Crippen molar-refractivity contribution in [3.05, 3.63) is 0 Å². The number of rotatable bonds is 3. The zero-order valence-electron chi connectivity index (χ0n) is 5.52. The van der Waals surface area contributed by atoms with Gasteiger partial charge < -0.3 is 20.1 Å². The van der Waals surface area contributed by atoms with E-state index in [0.29, 0.717) is 0 Å². The van der Waals surface area contributed by atoms with Gasteiger partial charge in [0.05, 0.1) is 6.61 Å². The number of carbonyl (C=O) groups excluding carboxylic acids is 1. The smallest absolute Gasteiger partial charge is 0.305 e. The van der Waals surface area contributed by atoms with Gasteiger partial charge in [0.15, 0.2) is 0 Å². The summed E-state index contributed by atoms with van der Waals surface area (Å²) in [5, 5.41) is 25.4. The van der Waals surface area contributed by atoms with Gasteiger partial charge in [-0.05, 0) is 0 Å². The zero-order valence-corrected chi connectivity index (χ0v) is 5.52. The minimum Gasteiger partial charge on any atom is -0.433 e. The molecule has 0 saturated heterocycles. The first-order valence-electron chi connectivity index (χ1n) is 2.72. The minimum atomic E-state index is -1.64. The van der Waals surface area contributed by atoms with Gasteiger partial charge in [-0.2, -0.15) is 0 Å². The van der Waals surface area contributed by atoms with Crippen LogP contribution in [0, 0.1) is 0 Å². The van der Waals surface area contributed by atoms with Crippen molar-refractivity contribution in [2.45, 2.75) is 19.3 Å². The summed E-state index contributed by atoms with van der Waals surface area (Å²) in [7, 11) is 0. The molecule has 0 aliphatic heterocycles. The van der Waals surface area contributed by atoms with Gasteiger partial charge in [-0.1, -0.05) is 0 Å². The van der Waals surface area contributed by atoms with Crippen LogP contribution in [0.2, 0.25) is 0 Å². The summed E-state index contributed by atoms with van der Waals surface area (Å²) in [6.07, 6.45) is -3.06. The second-order valence-electron chi connectivity index (χ2n) is 1.75. The number of esters is 1. The lowest BCUT2D eigenvalue weighted by Crippen LogP contribution is -2.32. The van der Waals surface area contributed by atoms with Crippen LogP contribution >= 0.6 is 0 Å². The van der Waals surface area contributed by atoms with Crippen LogP contribution in [0.25, 0.3) is 0 Å². The molecule has 10 heavy (non-hydrogen) atoms. The second kappa shape index (κ2) is 4.21. The fourth-order valence-electron chi connectivity index (χ4n) is 0.339. The Balaban J connectivity index is 3.61. The molecule has 0 amide bonds. The Labute approximate surface area is 57.9 Å². The van der Waals surface area contributed by atoms with Crippen molar-refractivity contribution in [2.75, 3.05) is 6.61 Å². The Morgan fingerprint density at radius 2 is 2.10 bits per heavy atom. The van der Waals surface area contributed by atoms with Gasteiger partial charge in [0.1, 0.15) is 6.10 Å². The number of hydrogen-bond donors (Lipinski definition) is 3. The van der Waals surface area contributed by atoms with E-state index >= 15 is 0 Å². The maximum Gasteiger partial charge on any atom is 0.305 e. The summed E-state index contributed by atoms with van der Waals surface area (Å²) < 4.78 is 4.11. The Morgan fingerprint density at radius 1 is 1.60 bits per heavy atom. The lowest BCUT2D eigenvalue weighted by Gasteiger charge is -2.14. The average Bonchev–Trinajstić information content (AvgIpc) is 1.85. The molecule has 5 nitrogen and oxygen atoms in total. The van der Waals surface area contributed by atoms with Gasteiger partial charge in [-0.3, -0.25) is 4.79 Å². The van der Waals surface area contributed by atoms with Gasteiger partial charge in [0, 0.05) is 6.92 Å². The molecule has 0 aromatic heterocycles. The Kier molecular flexibility index (Phi) is 3.94. The molecule has 0 saturated carbocycles. The third-order valence-electron chi connectivity index (χ3n) is 0.803. The maximum atomic E-state index is 10.1.